The number of hydrogen-bond donors (Lipinski definition) is 0. The molecule has 101 valence electrons. The van der Waals surface area contributed by atoms with Crippen LogP contribution >= 0.6 is 0 Å². The molecule has 0 heterocycles. The lowest BCUT2D eigenvalue weighted by atomic mass is 9.95. The van der Waals surface area contributed by atoms with Crippen LogP contribution in [0, 0.1) is 5.92 Å². The van der Waals surface area contributed by atoms with Crippen LogP contribution < -0.4 is 0 Å². The van der Waals surface area contributed by atoms with Crippen molar-refractivity contribution in [2.24, 2.45) is 0 Å². The third-order valence-corrected chi connectivity index (χ3v) is 3.67. The maximum Gasteiger partial charge on any atom is 0.00189 e. The number of unbranched alkanes of at least 4 members (excludes halogenated alkanes) is 7. The van der Waals surface area contributed by atoms with Crippen molar-refractivity contribution >= 4 is 0 Å². The molecule has 0 aromatic heterocycles. The van der Waals surface area contributed by atoms with Crippen molar-refractivity contribution in [3.63, 3.8) is 0 Å². The summed E-state index contributed by atoms with van der Waals surface area (Å²) in [5.41, 5.74) is 1.42. The molecule has 0 spiro atoms. The Balaban J connectivity index is 1.98. The van der Waals surface area contributed by atoms with E-state index < -0.39 is 0 Å². The van der Waals surface area contributed by atoms with Crippen LogP contribution in [-0.4, -0.2) is 0 Å². The molecule has 1 aromatic carbocycles. The van der Waals surface area contributed by atoms with E-state index in [9.17, 15) is 0 Å². The van der Waals surface area contributed by atoms with Crippen molar-refractivity contribution in [1.29, 1.82) is 0 Å². The zero-order valence-electron chi connectivity index (χ0n) is 12.3. The topological polar surface area (TPSA) is 0 Å². The van der Waals surface area contributed by atoms with E-state index in [4.69, 9.17) is 0 Å². The van der Waals surface area contributed by atoms with Gasteiger partial charge in [-0.25, -0.2) is 0 Å². The minimum Gasteiger partial charge on any atom is -0.0654 e. The van der Waals surface area contributed by atoms with Crippen molar-refractivity contribution in [2.45, 2.75) is 71.6 Å². The fourth-order valence-electron chi connectivity index (χ4n) is 2.39. The molecule has 0 amide bonds. The van der Waals surface area contributed by atoms with E-state index in [1.807, 2.05) is 0 Å². The highest BCUT2D eigenvalue weighted by Gasteiger charge is 2.04. The Kier molecular flexibility index (Phi) is 8.63. The van der Waals surface area contributed by atoms with E-state index >= 15 is 0 Å². The Morgan fingerprint density at radius 1 is 0.778 bits per heavy atom. The zero-order valence-corrected chi connectivity index (χ0v) is 12.3. The predicted molar refractivity (Wildman–Crippen MR) is 81.7 cm³/mol. The number of benzene rings is 1. The van der Waals surface area contributed by atoms with Crippen molar-refractivity contribution < 1.29 is 0 Å². The molecule has 1 aromatic rings. The minimum absolute atomic E-state index is 1.26. The molecule has 1 rings (SSSR count). The van der Waals surface area contributed by atoms with Gasteiger partial charge in [-0.05, 0) is 12.0 Å². The first-order chi connectivity index (χ1) is 8.84. The standard InChI is InChI=1S/C18H29/c1-3-4-5-6-7-8-9-11-14-17(2)18-15-12-10-13-16-18/h10,12-13,15-16H,3-9,11,14H2,1-2H3. The maximum atomic E-state index is 2.28. The van der Waals surface area contributed by atoms with E-state index in [-0.39, 0.29) is 0 Å². The highest BCUT2D eigenvalue weighted by molar-refractivity contribution is 5.28. The monoisotopic (exact) mass is 245 g/mol. The minimum atomic E-state index is 1.26. The van der Waals surface area contributed by atoms with Gasteiger partial charge < -0.3 is 0 Å². The Bertz CT molecular complexity index is 275. The molecule has 0 saturated carbocycles. The van der Waals surface area contributed by atoms with Gasteiger partial charge in [-0.15, -0.1) is 0 Å². The van der Waals surface area contributed by atoms with Gasteiger partial charge in [0.2, 0.25) is 0 Å². The molecule has 18 heavy (non-hydrogen) atoms. The Morgan fingerprint density at radius 2 is 1.33 bits per heavy atom. The van der Waals surface area contributed by atoms with Crippen LogP contribution in [-0.2, 0) is 0 Å². The molecule has 0 aliphatic rings. The van der Waals surface area contributed by atoms with E-state index in [0.717, 1.165) is 0 Å². The van der Waals surface area contributed by atoms with Gasteiger partial charge in [0.1, 0.15) is 0 Å². The Labute approximate surface area is 114 Å². The second kappa shape index (κ2) is 10.2. The predicted octanol–water partition coefficient (Wildman–Crippen LogP) is 6.16. The van der Waals surface area contributed by atoms with E-state index in [2.05, 4.69) is 44.2 Å². The number of hydrogen-bond acceptors (Lipinski definition) is 0. The van der Waals surface area contributed by atoms with E-state index in [1.54, 1.807) is 5.92 Å². The summed E-state index contributed by atoms with van der Waals surface area (Å²) in [6.45, 7) is 4.55. The molecule has 0 saturated heterocycles. The van der Waals surface area contributed by atoms with Crippen molar-refractivity contribution in [1.82, 2.24) is 0 Å². The smallest absolute Gasteiger partial charge is 0.00189 e. The van der Waals surface area contributed by atoms with Gasteiger partial charge in [0.05, 0.1) is 0 Å². The van der Waals surface area contributed by atoms with Crippen molar-refractivity contribution in [3.8, 4) is 0 Å². The second-order valence-electron chi connectivity index (χ2n) is 5.37. The molecule has 0 heteroatoms. The second-order valence-corrected chi connectivity index (χ2v) is 5.37. The van der Waals surface area contributed by atoms with Crippen LogP contribution in [0.3, 0.4) is 0 Å². The van der Waals surface area contributed by atoms with Gasteiger partial charge >= 0.3 is 0 Å². The molecule has 0 fully saturated rings. The van der Waals surface area contributed by atoms with Gasteiger partial charge in [-0.2, -0.15) is 0 Å². The van der Waals surface area contributed by atoms with Crippen LogP contribution in [0.1, 0.15) is 77.2 Å². The third-order valence-electron chi connectivity index (χ3n) is 3.67. The molecule has 0 nitrogen and oxygen atoms in total. The SMILES string of the molecule is CCCCCCCCCC[C](C)c1ccccc1. The first-order valence-electron chi connectivity index (χ1n) is 7.72. The fraction of sp³-hybridized carbons (Fsp3) is 0.611. The zero-order chi connectivity index (χ0) is 13.1. The Hall–Kier alpha value is -0.780. The normalized spacial score (nSPS) is 11.1. The summed E-state index contributed by atoms with van der Waals surface area (Å²) in [6.07, 6.45) is 12.5. The molecule has 0 atom stereocenters. The molecule has 0 N–H and O–H groups in total. The molecule has 0 unspecified atom stereocenters. The maximum absolute atomic E-state index is 2.28. The summed E-state index contributed by atoms with van der Waals surface area (Å²) < 4.78 is 0. The lowest BCUT2D eigenvalue weighted by Crippen LogP contribution is -1.94. The van der Waals surface area contributed by atoms with Crippen LogP contribution in [0.25, 0.3) is 0 Å². The van der Waals surface area contributed by atoms with Gasteiger partial charge in [-0.1, -0.05) is 95.5 Å². The van der Waals surface area contributed by atoms with Crippen LogP contribution in [0.5, 0.6) is 0 Å². The Morgan fingerprint density at radius 3 is 1.94 bits per heavy atom. The van der Waals surface area contributed by atoms with E-state index in [0.29, 0.717) is 0 Å². The van der Waals surface area contributed by atoms with Gasteiger partial charge in [0, 0.05) is 5.92 Å². The number of rotatable bonds is 10. The molecule has 0 aliphatic heterocycles. The van der Waals surface area contributed by atoms with E-state index in [1.165, 1.54) is 63.4 Å². The molecular weight excluding hydrogens is 216 g/mol. The lowest BCUT2D eigenvalue weighted by Gasteiger charge is -2.10. The van der Waals surface area contributed by atoms with Gasteiger partial charge in [-0.3, -0.25) is 0 Å². The summed E-state index contributed by atoms with van der Waals surface area (Å²) in [6, 6.07) is 10.8. The first kappa shape index (κ1) is 15.3. The summed E-state index contributed by atoms with van der Waals surface area (Å²) in [4.78, 5) is 0. The molecular formula is C18H29. The highest BCUT2D eigenvalue weighted by atomic mass is 14.1. The third kappa shape index (κ3) is 6.83. The quantitative estimate of drug-likeness (QED) is 0.433. The van der Waals surface area contributed by atoms with Gasteiger partial charge in [0.15, 0.2) is 0 Å². The largest absolute Gasteiger partial charge is 0.0654 e. The van der Waals surface area contributed by atoms with Crippen molar-refractivity contribution in [3.05, 3.63) is 41.8 Å². The summed E-state index contributed by atoms with van der Waals surface area (Å²) in [5.74, 6) is 1.54. The molecule has 0 bridgehead atoms. The average Bonchev–Trinajstić information content (AvgIpc) is 2.42. The average molecular weight is 245 g/mol. The lowest BCUT2D eigenvalue weighted by molar-refractivity contribution is 0.570. The van der Waals surface area contributed by atoms with Crippen LogP contribution in [0.2, 0.25) is 0 Å². The highest BCUT2D eigenvalue weighted by Crippen LogP contribution is 2.20. The first-order valence-corrected chi connectivity index (χ1v) is 7.72. The summed E-state index contributed by atoms with van der Waals surface area (Å²) in [7, 11) is 0. The van der Waals surface area contributed by atoms with Crippen LogP contribution in [0.15, 0.2) is 30.3 Å². The van der Waals surface area contributed by atoms with Crippen LogP contribution in [0.4, 0.5) is 0 Å². The molecule has 1 radical (unpaired) electrons. The summed E-state index contributed by atoms with van der Waals surface area (Å²) in [5, 5.41) is 0. The van der Waals surface area contributed by atoms with Gasteiger partial charge in [0.25, 0.3) is 0 Å². The van der Waals surface area contributed by atoms with Crippen molar-refractivity contribution in [2.75, 3.05) is 0 Å². The molecule has 0 aliphatic carbocycles. The summed E-state index contributed by atoms with van der Waals surface area (Å²) >= 11 is 0. The fourth-order valence-corrected chi connectivity index (χ4v) is 2.39.